The Kier molecular flexibility index (Phi) is 4.27. The summed E-state index contributed by atoms with van der Waals surface area (Å²) in [5.41, 5.74) is -0.319. The Morgan fingerprint density at radius 2 is 2.04 bits per heavy atom. The van der Waals surface area contributed by atoms with Gasteiger partial charge in [-0.15, -0.1) is 0 Å². The third-order valence-corrected chi connectivity index (χ3v) is 6.93. The smallest absolute Gasteiger partial charge is 0.248 e. The molecule has 4 nitrogen and oxygen atoms in total. The van der Waals surface area contributed by atoms with Crippen molar-refractivity contribution in [1.29, 1.82) is 0 Å². The van der Waals surface area contributed by atoms with E-state index in [-0.39, 0.29) is 24.3 Å². The highest BCUT2D eigenvalue weighted by molar-refractivity contribution is 7.90. The van der Waals surface area contributed by atoms with Crippen molar-refractivity contribution < 1.29 is 17.2 Å². The molecule has 0 bridgehead atoms. The molecule has 0 spiro atoms. The van der Waals surface area contributed by atoms with Crippen LogP contribution in [0.3, 0.4) is 0 Å². The highest BCUT2D eigenvalue weighted by Gasteiger charge is 2.45. The van der Waals surface area contributed by atoms with E-state index in [9.17, 15) is 17.2 Å². The minimum atomic E-state index is -3.45. The monoisotopic (exact) mass is 346 g/mol. The maximum atomic E-state index is 13.6. The van der Waals surface area contributed by atoms with Crippen LogP contribution >= 0.6 is 0 Å². The van der Waals surface area contributed by atoms with Crippen LogP contribution in [0.4, 0.5) is 8.78 Å². The predicted molar refractivity (Wildman–Crippen MR) is 84.1 cm³/mol. The average molecular weight is 346 g/mol. The fourth-order valence-electron chi connectivity index (χ4n) is 3.81. The molecule has 0 N–H and O–H groups in total. The summed E-state index contributed by atoms with van der Waals surface area (Å²) in [6, 6.07) is 2.12. The van der Waals surface area contributed by atoms with Crippen LogP contribution in [0, 0.1) is 5.41 Å². The van der Waals surface area contributed by atoms with Gasteiger partial charge in [-0.3, -0.25) is 4.68 Å². The van der Waals surface area contributed by atoms with E-state index in [2.05, 4.69) is 5.10 Å². The Morgan fingerprint density at radius 3 is 2.65 bits per heavy atom. The molecule has 1 unspecified atom stereocenters. The average Bonchev–Trinajstić information content (AvgIpc) is 2.70. The van der Waals surface area contributed by atoms with E-state index in [0.717, 1.165) is 12.8 Å². The van der Waals surface area contributed by atoms with E-state index in [1.54, 1.807) is 13.0 Å². The Labute approximate surface area is 136 Å². The molecular formula is C16H24F2N2O2S. The number of aromatic nitrogens is 2. The zero-order chi connectivity index (χ0) is 16.7. The van der Waals surface area contributed by atoms with E-state index in [1.807, 2.05) is 10.9 Å². The first kappa shape index (κ1) is 16.9. The van der Waals surface area contributed by atoms with Gasteiger partial charge in [-0.1, -0.05) is 6.92 Å². The summed E-state index contributed by atoms with van der Waals surface area (Å²) in [7, 11) is -3.45. The summed E-state index contributed by atoms with van der Waals surface area (Å²) in [4.78, 5) is 0. The van der Waals surface area contributed by atoms with Crippen LogP contribution in [0.25, 0.3) is 0 Å². The first-order valence-corrected chi connectivity index (χ1v) is 10.1. The highest BCUT2D eigenvalue weighted by atomic mass is 32.2. The van der Waals surface area contributed by atoms with Gasteiger partial charge in [-0.25, -0.2) is 17.2 Å². The summed E-state index contributed by atoms with van der Waals surface area (Å²) in [5, 5.41) is 4.35. The molecule has 0 radical (unpaired) electrons. The van der Waals surface area contributed by atoms with E-state index >= 15 is 0 Å². The van der Waals surface area contributed by atoms with Gasteiger partial charge in [-0.2, -0.15) is 5.10 Å². The SMILES string of the molecule is CC1(CS(=O)(=O)Cc2ccn(C3CCC3)n2)CCCC(F)(F)C1. The molecule has 0 aliphatic heterocycles. The van der Waals surface area contributed by atoms with Gasteiger partial charge in [-0.05, 0) is 43.6 Å². The van der Waals surface area contributed by atoms with Crippen LogP contribution in [0.1, 0.15) is 63.6 Å². The zero-order valence-electron chi connectivity index (χ0n) is 13.5. The van der Waals surface area contributed by atoms with Crippen molar-refractivity contribution in [1.82, 2.24) is 9.78 Å². The third kappa shape index (κ3) is 4.11. The van der Waals surface area contributed by atoms with Crippen LogP contribution in [-0.2, 0) is 15.6 Å². The minimum Gasteiger partial charge on any atom is -0.269 e. The lowest BCUT2D eigenvalue weighted by Crippen LogP contribution is -2.38. The van der Waals surface area contributed by atoms with Gasteiger partial charge in [0.15, 0.2) is 9.84 Å². The Morgan fingerprint density at radius 1 is 1.30 bits per heavy atom. The van der Waals surface area contributed by atoms with Crippen LogP contribution in [0.5, 0.6) is 0 Å². The van der Waals surface area contributed by atoms with Crippen molar-refractivity contribution in [2.24, 2.45) is 5.41 Å². The second kappa shape index (κ2) is 5.83. The van der Waals surface area contributed by atoms with Crippen molar-refractivity contribution in [3.8, 4) is 0 Å². The molecule has 3 rings (SSSR count). The van der Waals surface area contributed by atoms with E-state index < -0.39 is 21.2 Å². The number of sulfone groups is 1. The molecule has 1 atom stereocenters. The summed E-state index contributed by atoms with van der Waals surface area (Å²) < 4.78 is 54.0. The van der Waals surface area contributed by atoms with Gasteiger partial charge in [0.25, 0.3) is 0 Å². The molecule has 1 heterocycles. The molecule has 2 fully saturated rings. The van der Waals surface area contributed by atoms with Crippen LogP contribution < -0.4 is 0 Å². The zero-order valence-corrected chi connectivity index (χ0v) is 14.3. The molecule has 0 aromatic carbocycles. The van der Waals surface area contributed by atoms with Crippen LogP contribution in [-0.4, -0.2) is 29.9 Å². The summed E-state index contributed by atoms with van der Waals surface area (Å²) >= 11 is 0. The van der Waals surface area contributed by atoms with Gasteiger partial charge in [0.2, 0.25) is 5.92 Å². The Bertz CT molecular complexity index is 667. The molecule has 1 aromatic rings. The molecule has 130 valence electrons. The fourth-order valence-corrected chi connectivity index (χ4v) is 5.83. The Balaban J connectivity index is 1.65. The molecule has 7 heteroatoms. The van der Waals surface area contributed by atoms with Gasteiger partial charge in [0.1, 0.15) is 0 Å². The van der Waals surface area contributed by atoms with Gasteiger partial charge in [0, 0.05) is 19.0 Å². The fraction of sp³-hybridized carbons (Fsp3) is 0.812. The molecule has 2 aliphatic carbocycles. The van der Waals surface area contributed by atoms with Crippen LogP contribution in [0.15, 0.2) is 12.3 Å². The topological polar surface area (TPSA) is 52.0 Å². The third-order valence-electron chi connectivity index (χ3n) is 5.06. The number of halogens is 2. The molecule has 2 saturated carbocycles. The van der Waals surface area contributed by atoms with E-state index in [4.69, 9.17) is 0 Å². The van der Waals surface area contributed by atoms with Crippen molar-refractivity contribution in [2.75, 3.05) is 5.75 Å². The van der Waals surface area contributed by atoms with Gasteiger partial charge in [0.05, 0.1) is 23.2 Å². The second-order valence-electron chi connectivity index (χ2n) is 7.60. The molecule has 2 aliphatic rings. The van der Waals surface area contributed by atoms with Crippen LogP contribution in [0.2, 0.25) is 0 Å². The van der Waals surface area contributed by atoms with Gasteiger partial charge >= 0.3 is 0 Å². The quantitative estimate of drug-likeness (QED) is 0.816. The lowest BCUT2D eigenvalue weighted by molar-refractivity contribution is -0.0718. The summed E-state index contributed by atoms with van der Waals surface area (Å²) in [6.45, 7) is 1.67. The first-order chi connectivity index (χ1) is 10.7. The number of alkyl halides is 2. The minimum absolute atomic E-state index is 0.131. The predicted octanol–water partition coefficient (Wildman–Crippen LogP) is 3.74. The van der Waals surface area contributed by atoms with Crippen molar-refractivity contribution in [3.63, 3.8) is 0 Å². The summed E-state index contributed by atoms with van der Waals surface area (Å²) in [5.74, 6) is -3.09. The molecule has 1 aromatic heterocycles. The van der Waals surface area contributed by atoms with Crippen molar-refractivity contribution >= 4 is 9.84 Å². The molecular weight excluding hydrogens is 322 g/mol. The lowest BCUT2D eigenvalue weighted by atomic mass is 9.75. The lowest BCUT2D eigenvalue weighted by Gasteiger charge is -2.37. The van der Waals surface area contributed by atoms with E-state index in [1.165, 1.54) is 6.42 Å². The maximum Gasteiger partial charge on any atom is 0.248 e. The van der Waals surface area contributed by atoms with E-state index in [0.29, 0.717) is 24.6 Å². The number of rotatable bonds is 5. The highest BCUT2D eigenvalue weighted by Crippen LogP contribution is 2.45. The second-order valence-corrected chi connectivity index (χ2v) is 9.67. The number of hydrogen-bond donors (Lipinski definition) is 0. The van der Waals surface area contributed by atoms with Gasteiger partial charge < -0.3 is 0 Å². The van der Waals surface area contributed by atoms with Crippen molar-refractivity contribution in [3.05, 3.63) is 18.0 Å². The summed E-state index contributed by atoms with van der Waals surface area (Å²) in [6.07, 6.45) is 5.63. The maximum absolute atomic E-state index is 13.6. The first-order valence-electron chi connectivity index (χ1n) is 8.29. The largest absolute Gasteiger partial charge is 0.269 e. The molecule has 0 saturated heterocycles. The number of hydrogen-bond acceptors (Lipinski definition) is 3. The number of nitrogens with zero attached hydrogens (tertiary/aromatic N) is 2. The Hall–Kier alpha value is -0.980. The molecule has 23 heavy (non-hydrogen) atoms. The standard InChI is InChI=1S/C16H24F2N2O2S/c1-15(7-3-8-16(17,18)11-15)12-23(21,22)10-13-6-9-20(19-13)14-4-2-5-14/h6,9,14H,2-5,7-8,10-12H2,1H3. The normalized spacial score (nSPS) is 28.5. The molecule has 0 amide bonds. The van der Waals surface area contributed by atoms with Crippen molar-refractivity contribution in [2.45, 2.75) is 69.6 Å².